The predicted octanol–water partition coefficient (Wildman–Crippen LogP) is 1.03. The first-order chi connectivity index (χ1) is 10.1. The highest BCUT2D eigenvalue weighted by Crippen LogP contribution is 2.21. The van der Waals surface area contributed by atoms with Crippen molar-refractivity contribution >= 4 is 5.69 Å². The Labute approximate surface area is 127 Å². The first-order valence-electron chi connectivity index (χ1n) is 7.60. The van der Waals surface area contributed by atoms with Crippen molar-refractivity contribution in [2.45, 2.75) is 25.0 Å². The first kappa shape index (κ1) is 16.1. The quantitative estimate of drug-likeness (QED) is 0.735. The average molecular weight is 293 g/mol. The van der Waals surface area contributed by atoms with Crippen molar-refractivity contribution in [1.29, 1.82) is 0 Å². The first-order valence-corrected chi connectivity index (χ1v) is 7.60. The minimum Gasteiger partial charge on any atom is -0.489 e. The van der Waals surface area contributed by atoms with E-state index in [0.717, 1.165) is 13.1 Å². The van der Waals surface area contributed by atoms with Crippen LogP contribution in [0.1, 0.15) is 12.8 Å². The van der Waals surface area contributed by atoms with Gasteiger partial charge in [-0.3, -0.25) is 4.90 Å². The fraction of sp³-hybridized carbons (Fsp3) is 0.625. The highest BCUT2D eigenvalue weighted by molar-refractivity contribution is 5.51. The largest absolute Gasteiger partial charge is 0.489 e. The number of hydrogen-bond donors (Lipinski definition) is 2. The Morgan fingerprint density at radius 2 is 2.19 bits per heavy atom. The summed E-state index contributed by atoms with van der Waals surface area (Å²) in [4.78, 5) is 4.57. The number of nitrogens with zero attached hydrogens (tertiary/aromatic N) is 2. The summed E-state index contributed by atoms with van der Waals surface area (Å²) in [6.45, 7) is 3.03. The molecule has 1 aromatic rings. The fourth-order valence-corrected chi connectivity index (χ4v) is 2.89. The van der Waals surface area contributed by atoms with Gasteiger partial charge < -0.3 is 20.5 Å². The molecule has 118 valence electrons. The van der Waals surface area contributed by atoms with Gasteiger partial charge in [0.1, 0.15) is 18.5 Å². The summed E-state index contributed by atoms with van der Waals surface area (Å²) in [6.07, 6.45) is 1.92. The maximum Gasteiger partial charge on any atom is 0.142 e. The van der Waals surface area contributed by atoms with Crippen molar-refractivity contribution in [1.82, 2.24) is 9.80 Å². The molecule has 0 aromatic heterocycles. The number of nitrogens with two attached hydrogens (primary N) is 1. The number of β-amino-alcohol motifs (C(OH)–C–C–N with tert-alkyl or cyclic N) is 1. The van der Waals surface area contributed by atoms with Gasteiger partial charge >= 0.3 is 0 Å². The van der Waals surface area contributed by atoms with E-state index in [4.69, 9.17) is 10.5 Å². The molecule has 1 fully saturated rings. The van der Waals surface area contributed by atoms with Gasteiger partial charge in [0.15, 0.2) is 0 Å². The van der Waals surface area contributed by atoms with E-state index in [1.807, 2.05) is 18.2 Å². The number of likely N-dealkylation sites (N-methyl/N-ethyl adjacent to an activating group) is 1. The molecule has 0 saturated carbocycles. The molecular formula is C16H27N3O2. The SMILES string of the molecule is CN(C)CC1CCCN1CC(O)COc1ccccc1N. The number of ether oxygens (including phenoxy) is 1. The zero-order chi connectivity index (χ0) is 15.2. The van der Waals surface area contributed by atoms with Gasteiger partial charge in [0.2, 0.25) is 0 Å². The lowest BCUT2D eigenvalue weighted by atomic mass is 10.2. The van der Waals surface area contributed by atoms with Gasteiger partial charge in [0, 0.05) is 19.1 Å². The number of likely N-dealkylation sites (tertiary alicyclic amines) is 1. The van der Waals surface area contributed by atoms with E-state index >= 15 is 0 Å². The predicted molar refractivity (Wildman–Crippen MR) is 85.5 cm³/mol. The van der Waals surface area contributed by atoms with Crippen LogP contribution in [0.2, 0.25) is 0 Å². The lowest BCUT2D eigenvalue weighted by molar-refractivity contribution is 0.0602. The van der Waals surface area contributed by atoms with Crippen LogP contribution in [0.3, 0.4) is 0 Å². The number of rotatable bonds is 7. The Morgan fingerprint density at radius 3 is 2.90 bits per heavy atom. The maximum absolute atomic E-state index is 10.2. The van der Waals surface area contributed by atoms with Gasteiger partial charge in [-0.25, -0.2) is 0 Å². The van der Waals surface area contributed by atoms with E-state index in [0.29, 0.717) is 24.0 Å². The molecule has 1 aliphatic rings. The Hall–Kier alpha value is -1.30. The van der Waals surface area contributed by atoms with Crippen molar-refractivity contribution in [3.8, 4) is 5.75 Å². The van der Waals surface area contributed by atoms with E-state index in [-0.39, 0.29) is 6.61 Å². The molecule has 1 aliphatic heterocycles. The van der Waals surface area contributed by atoms with Crippen LogP contribution in [-0.2, 0) is 0 Å². The van der Waals surface area contributed by atoms with Crippen LogP contribution in [0.4, 0.5) is 5.69 Å². The smallest absolute Gasteiger partial charge is 0.142 e. The molecule has 1 aromatic carbocycles. The molecule has 2 atom stereocenters. The highest BCUT2D eigenvalue weighted by Gasteiger charge is 2.26. The molecule has 0 bridgehead atoms. The van der Waals surface area contributed by atoms with E-state index in [2.05, 4.69) is 23.9 Å². The molecular weight excluding hydrogens is 266 g/mol. The Morgan fingerprint density at radius 1 is 1.43 bits per heavy atom. The van der Waals surface area contributed by atoms with E-state index in [9.17, 15) is 5.11 Å². The van der Waals surface area contributed by atoms with E-state index in [1.54, 1.807) is 6.07 Å². The number of aliphatic hydroxyl groups excluding tert-OH is 1. The summed E-state index contributed by atoms with van der Waals surface area (Å²) in [5.74, 6) is 0.641. The van der Waals surface area contributed by atoms with Crippen LogP contribution in [0, 0.1) is 0 Å². The minimum absolute atomic E-state index is 0.277. The third kappa shape index (κ3) is 4.88. The topological polar surface area (TPSA) is 62.0 Å². The molecule has 21 heavy (non-hydrogen) atoms. The molecule has 2 rings (SSSR count). The molecule has 2 unspecified atom stereocenters. The summed E-state index contributed by atoms with van der Waals surface area (Å²) in [6, 6.07) is 7.92. The second-order valence-electron chi connectivity index (χ2n) is 6.06. The Bertz CT molecular complexity index is 439. The molecule has 3 N–H and O–H groups in total. The summed E-state index contributed by atoms with van der Waals surface area (Å²) < 4.78 is 5.61. The maximum atomic E-state index is 10.2. The summed E-state index contributed by atoms with van der Waals surface area (Å²) in [5.41, 5.74) is 6.43. The Balaban J connectivity index is 1.79. The minimum atomic E-state index is -0.493. The second-order valence-corrected chi connectivity index (χ2v) is 6.06. The van der Waals surface area contributed by atoms with Gasteiger partial charge in [-0.05, 0) is 45.6 Å². The van der Waals surface area contributed by atoms with E-state index in [1.165, 1.54) is 12.8 Å². The highest BCUT2D eigenvalue weighted by atomic mass is 16.5. The molecule has 0 amide bonds. The average Bonchev–Trinajstić information content (AvgIpc) is 2.84. The summed E-state index contributed by atoms with van der Waals surface area (Å²) in [5, 5.41) is 10.2. The van der Waals surface area contributed by atoms with Gasteiger partial charge in [-0.15, -0.1) is 0 Å². The Kier molecular flexibility index (Phi) is 5.85. The van der Waals surface area contributed by atoms with Crippen LogP contribution >= 0.6 is 0 Å². The summed E-state index contributed by atoms with van der Waals surface area (Å²) >= 11 is 0. The third-order valence-corrected chi connectivity index (χ3v) is 3.87. The molecule has 0 radical (unpaired) electrons. The number of benzene rings is 1. The van der Waals surface area contributed by atoms with Crippen LogP contribution in [-0.4, -0.2) is 67.4 Å². The zero-order valence-electron chi connectivity index (χ0n) is 13.0. The number of para-hydroxylation sites is 2. The molecule has 0 aliphatic carbocycles. The number of nitrogen functional groups attached to an aromatic ring is 1. The van der Waals surface area contributed by atoms with Crippen LogP contribution in [0.25, 0.3) is 0 Å². The second kappa shape index (κ2) is 7.64. The zero-order valence-corrected chi connectivity index (χ0v) is 13.0. The van der Waals surface area contributed by atoms with Crippen molar-refractivity contribution in [3.05, 3.63) is 24.3 Å². The van der Waals surface area contributed by atoms with Gasteiger partial charge in [-0.1, -0.05) is 12.1 Å². The van der Waals surface area contributed by atoms with Gasteiger partial charge in [0.05, 0.1) is 5.69 Å². The standard InChI is InChI=1S/C16H27N3O2/c1-18(2)10-13-6-5-9-19(13)11-14(20)12-21-16-8-4-3-7-15(16)17/h3-4,7-8,13-14,20H,5-6,9-12,17H2,1-2H3. The molecule has 1 heterocycles. The molecule has 5 nitrogen and oxygen atoms in total. The van der Waals surface area contributed by atoms with Crippen molar-refractivity contribution in [2.24, 2.45) is 0 Å². The van der Waals surface area contributed by atoms with Crippen LogP contribution in [0.5, 0.6) is 5.75 Å². The molecule has 0 spiro atoms. The third-order valence-electron chi connectivity index (χ3n) is 3.87. The van der Waals surface area contributed by atoms with E-state index < -0.39 is 6.10 Å². The van der Waals surface area contributed by atoms with Gasteiger partial charge in [-0.2, -0.15) is 0 Å². The number of hydrogen-bond acceptors (Lipinski definition) is 5. The van der Waals surface area contributed by atoms with Crippen molar-refractivity contribution in [2.75, 3.05) is 46.1 Å². The number of aliphatic hydroxyl groups is 1. The van der Waals surface area contributed by atoms with Crippen molar-refractivity contribution < 1.29 is 9.84 Å². The van der Waals surface area contributed by atoms with Crippen LogP contribution in [0.15, 0.2) is 24.3 Å². The monoisotopic (exact) mass is 293 g/mol. The lowest BCUT2D eigenvalue weighted by Gasteiger charge is -2.28. The fourth-order valence-electron chi connectivity index (χ4n) is 2.89. The number of anilines is 1. The van der Waals surface area contributed by atoms with Crippen LogP contribution < -0.4 is 10.5 Å². The molecule has 1 saturated heterocycles. The summed E-state index contributed by atoms with van der Waals surface area (Å²) in [7, 11) is 4.18. The lowest BCUT2D eigenvalue weighted by Crippen LogP contribution is -2.42. The van der Waals surface area contributed by atoms with Crippen molar-refractivity contribution in [3.63, 3.8) is 0 Å². The van der Waals surface area contributed by atoms with Gasteiger partial charge in [0.25, 0.3) is 0 Å². The molecule has 5 heteroatoms. The normalized spacial score (nSPS) is 20.9.